The zero-order valence-corrected chi connectivity index (χ0v) is 11.7. The van der Waals surface area contributed by atoms with Gasteiger partial charge in [-0.15, -0.1) is 0 Å². The van der Waals surface area contributed by atoms with E-state index in [-0.39, 0.29) is 0 Å². The van der Waals surface area contributed by atoms with Crippen molar-refractivity contribution in [2.24, 2.45) is 5.92 Å². The van der Waals surface area contributed by atoms with Crippen molar-refractivity contribution in [3.63, 3.8) is 0 Å². The van der Waals surface area contributed by atoms with Crippen LogP contribution in [0.3, 0.4) is 0 Å². The smallest absolute Gasteiger partial charge is 0.106 e. The minimum Gasteiger partial charge on any atom is -0.380 e. The van der Waals surface area contributed by atoms with Gasteiger partial charge in [-0.05, 0) is 25.3 Å². The highest BCUT2D eigenvalue weighted by Crippen LogP contribution is 2.04. The van der Waals surface area contributed by atoms with Crippen LogP contribution in [0, 0.1) is 5.92 Å². The second-order valence-electron chi connectivity index (χ2n) is 4.86. The Morgan fingerprint density at radius 3 is 3.06 bits per heavy atom. The standard InChI is InChI=1S/C14H27N3O/c1-3-5-13(2)12-18-11-10-15-7-4-6-14-16-8-9-17-14/h8-9,13,15H,3-7,10-12H2,1-2H3,(H,16,17). The molecular weight excluding hydrogens is 226 g/mol. The molecule has 0 radical (unpaired) electrons. The Balaban J connectivity index is 1.81. The Kier molecular flexibility index (Phi) is 8.51. The summed E-state index contributed by atoms with van der Waals surface area (Å²) in [6, 6.07) is 0. The summed E-state index contributed by atoms with van der Waals surface area (Å²) < 4.78 is 5.62. The molecule has 0 saturated heterocycles. The maximum Gasteiger partial charge on any atom is 0.106 e. The Bertz CT molecular complexity index is 275. The van der Waals surface area contributed by atoms with Gasteiger partial charge < -0.3 is 15.0 Å². The molecule has 0 aromatic carbocycles. The lowest BCUT2D eigenvalue weighted by Gasteiger charge is -2.11. The summed E-state index contributed by atoms with van der Waals surface area (Å²) in [5.74, 6) is 1.76. The van der Waals surface area contributed by atoms with E-state index in [1.807, 2.05) is 6.20 Å². The quantitative estimate of drug-likeness (QED) is 0.595. The third kappa shape index (κ3) is 7.45. The van der Waals surface area contributed by atoms with Crippen LogP contribution in [0.1, 0.15) is 38.9 Å². The lowest BCUT2D eigenvalue weighted by molar-refractivity contribution is 0.103. The summed E-state index contributed by atoms with van der Waals surface area (Å²) in [5, 5.41) is 3.39. The van der Waals surface area contributed by atoms with Gasteiger partial charge in [0, 0.05) is 32.0 Å². The van der Waals surface area contributed by atoms with Crippen molar-refractivity contribution in [3.8, 4) is 0 Å². The second-order valence-corrected chi connectivity index (χ2v) is 4.86. The minimum absolute atomic E-state index is 0.689. The molecule has 0 fully saturated rings. The van der Waals surface area contributed by atoms with Crippen LogP contribution in [-0.2, 0) is 11.2 Å². The molecule has 0 aliphatic heterocycles. The van der Waals surface area contributed by atoms with Crippen molar-refractivity contribution in [2.45, 2.75) is 39.5 Å². The number of aryl methyl sites for hydroxylation is 1. The summed E-state index contributed by atoms with van der Waals surface area (Å²) in [6.45, 7) is 8.14. The van der Waals surface area contributed by atoms with Gasteiger partial charge in [0.15, 0.2) is 0 Å². The molecule has 0 aliphatic rings. The minimum atomic E-state index is 0.689. The predicted octanol–water partition coefficient (Wildman–Crippen LogP) is 2.38. The molecule has 1 atom stereocenters. The first-order chi connectivity index (χ1) is 8.83. The topological polar surface area (TPSA) is 49.9 Å². The molecule has 0 saturated carbocycles. The van der Waals surface area contributed by atoms with Gasteiger partial charge in [0.05, 0.1) is 6.61 Å². The molecule has 1 rings (SSSR count). The van der Waals surface area contributed by atoms with E-state index in [0.29, 0.717) is 5.92 Å². The summed E-state index contributed by atoms with van der Waals surface area (Å²) in [4.78, 5) is 7.30. The molecule has 2 N–H and O–H groups in total. The number of imidazole rings is 1. The normalized spacial score (nSPS) is 12.8. The van der Waals surface area contributed by atoms with Gasteiger partial charge in [-0.2, -0.15) is 0 Å². The van der Waals surface area contributed by atoms with E-state index in [4.69, 9.17) is 4.74 Å². The van der Waals surface area contributed by atoms with E-state index >= 15 is 0 Å². The Morgan fingerprint density at radius 2 is 2.33 bits per heavy atom. The lowest BCUT2D eigenvalue weighted by atomic mass is 10.1. The Hall–Kier alpha value is -0.870. The molecule has 1 unspecified atom stereocenters. The van der Waals surface area contributed by atoms with Crippen LogP contribution in [0.4, 0.5) is 0 Å². The van der Waals surface area contributed by atoms with Crippen LogP contribution in [0.25, 0.3) is 0 Å². The van der Waals surface area contributed by atoms with E-state index < -0.39 is 0 Å². The fourth-order valence-corrected chi connectivity index (χ4v) is 1.95. The van der Waals surface area contributed by atoms with E-state index in [2.05, 4.69) is 29.1 Å². The van der Waals surface area contributed by atoms with E-state index in [9.17, 15) is 0 Å². The fourth-order valence-electron chi connectivity index (χ4n) is 1.95. The summed E-state index contributed by atoms with van der Waals surface area (Å²) in [6.07, 6.45) is 8.29. The van der Waals surface area contributed by atoms with Gasteiger partial charge in [-0.1, -0.05) is 20.3 Å². The van der Waals surface area contributed by atoms with Crippen molar-refractivity contribution in [3.05, 3.63) is 18.2 Å². The van der Waals surface area contributed by atoms with Crippen LogP contribution in [0.15, 0.2) is 12.4 Å². The van der Waals surface area contributed by atoms with E-state index in [1.165, 1.54) is 12.8 Å². The first-order valence-corrected chi connectivity index (χ1v) is 7.09. The molecule has 0 amide bonds. The molecule has 0 bridgehead atoms. The van der Waals surface area contributed by atoms with Crippen molar-refractivity contribution < 1.29 is 4.74 Å². The van der Waals surface area contributed by atoms with E-state index in [0.717, 1.165) is 45.0 Å². The number of H-pyrrole nitrogens is 1. The van der Waals surface area contributed by atoms with Gasteiger partial charge in [-0.25, -0.2) is 4.98 Å². The first-order valence-electron chi connectivity index (χ1n) is 7.09. The van der Waals surface area contributed by atoms with Gasteiger partial charge in [0.25, 0.3) is 0 Å². The highest BCUT2D eigenvalue weighted by molar-refractivity contribution is 4.86. The van der Waals surface area contributed by atoms with Crippen LogP contribution in [0.2, 0.25) is 0 Å². The van der Waals surface area contributed by atoms with Crippen molar-refractivity contribution in [2.75, 3.05) is 26.3 Å². The molecule has 18 heavy (non-hydrogen) atoms. The molecule has 1 aromatic heterocycles. The van der Waals surface area contributed by atoms with Crippen LogP contribution < -0.4 is 5.32 Å². The van der Waals surface area contributed by atoms with E-state index in [1.54, 1.807) is 6.20 Å². The zero-order valence-electron chi connectivity index (χ0n) is 11.7. The molecule has 0 aliphatic carbocycles. The van der Waals surface area contributed by atoms with Gasteiger partial charge in [-0.3, -0.25) is 0 Å². The molecule has 1 heterocycles. The Labute approximate surface area is 111 Å². The van der Waals surface area contributed by atoms with Gasteiger partial charge >= 0.3 is 0 Å². The largest absolute Gasteiger partial charge is 0.380 e. The Morgan fingerprint density at radius 1 is 1.44 bits per heavy atom. The molecule has 0 spiro atoms. The van der Waals surface area contributed by atoms with Gasteiger partial charge in [0.1, 0.15) is 5.82 Å². The molecular formula is C14H27N3O. The number of rotatable bonds is 11. The lowest BCUT2D eigenvalue weighted by Crippen LogP contribution is -2.22. The number of aromatic nitrogens is 2. The van der Waals surface area contributed by atoms with Crippen LogP contribution in [0.5, 0.6) is 0 Å². The number of aromatic amines is 1. The highest BCUT2D eigenvalue weighted by atomic mass is 16.5. The number of hydrogen-bond acceptors (Lipinski definition) is 3. The predicted molar refractivity (Wildman–Crippen MR) is 74.7 cm³/mol. The first kappa shape index (κ1) is 15.2. The average molecular weight is 253 g/mol. The number of nitrogens with zero attached hydrogens (tertiary/aromatic N) is 1. The molecule has 1 aromatic rings. The molecule has 4 heteroatoms. The summed E-state index contributed by atoms with van der Waals surface area (Å²) in [7, 11) is 0. The molecule has 4 nitrogen and oxygen atoms in total. The monoisotopic (exact) mass is 253 g/mol. The van der Waals surface area contributed by atoms with Crippen molar-refractivity contribution >= 4 is 0 Å². The third-order valence-corrected chi connectivity index (χ3v) is 2.93. The maximum atomic E-state index is 5.62. The number of hydrogen-bond donors (Lipinski definition) is 2. The zero-order chi connectivity index (χ0) is 13.1. The van der Waals surface area contributed by atoms with Crippen LogP contribution in [-0.4, -0.2) is 36.3 Å². The van der Waals surface area contributed by atoms with Crippen LogP contribution >= 0.6 is 0 Å². The fraction of sp³-hybridized carbons (Fsp3) is 0.786. The second kappa shape index (κ2) is 10.1. The SMILES string of the molecule is CCCC(C)COCCNCCCc1ncc[nH]1. The number of nitrogens with one attached hydrogen (secondary N) is 2. The third-order valence-electron chi connectivity index (χ3n) is 2.93. The molecule has 104 valence electrons. The van der Waals surface area contributed by atoms with Crippen molar-refractivity contribution in [1.82, 2.24) is 15.3 Å². The summed E-state index contributed by atoms with van der Waals surface area (Å²) >= 11 is 0. The number of ether oxygens (including phenoxy) is 1. The maximum absolute atomic E-state index is 5.62. The average Bonchev–Trinajstić information content (AvgIpc) is 2.86. The summed E-state index contributed by atoms with van der Waals surface area (Å²) in [5.41, 5.74) is 0. The van der Waals surface area contributed by atoms with Crippen molar-refractivity contribution in [1.29, 1.82) is 0 Å². The highest BCUT2D eigenvalue weighted by Gasteiger charge is 1.99. The van der Waals surface area contributed by atoms with Gasteiger partial charge in [0.2, 0.25) is 0 Å².